The number of amides is 3. The molecular weight excluding hydrogens is 230 g/mol. The summed E-state index contributed by atoms with van der Waals surface area (Å²) < 4.78 is 0. The van der Waals surface area contributed by atoms with Crippen LogP contribution in [0.3, 0.4) is 0 Å². The smallest absolute Gasteiger partial charge is 0.312 e. The van der Waals surface area contributed by atoms with Crippen molar-refractivity contribution in [3.63, 3.8) is 0 Å². The lowest BCUT2D eigenvalue weighted by molar-refractivity contribution is -0.124. The van der Waals surface area contributed by atoms with Crippen LogP contribution in [0.4, 0.5) is 4.79 Å². The molecule has 1 aliphatic carbocycles. The molecule has 0 saturated heterocycles. The van der Waals surface area contributed by atoms with Crippen LogP contribution >= 0.6 is 0 Å². The third-order valence-corrected chi connectivity index (χ3v) is 3.61. The normalized spacial score (nSPS) is 25.6. The molecule has 18 heavy (non-hydrogen) atoms. The molecule has 1 aliphatic rings. The van der Waals surface area contributed by atoms with Crippen LogP contribution in [0.5, 0.6) is 0 Å². The van der Waals surface area contributed by atoms with Crippen molar-refractivity contribution in [3.8, 4) is 0 Å². The fraction of sp³-hybridized carbons (Fsp3) is 0.846. The summed E-state index contributed by atoms with van der Waals surface area (Å²) in [6, 6.07) is -0.951. The molecule has 0 unspecified atom stereocenters. The molecule has 0 aromatic heterocycles. The number of nitrogens with one attached hydrogen (secondary N) is 2. The van der Waals surface area contributed by atoms with Gasteiger partial charge in [-0.1, -0.05) is 20.8 Å². The minimum atomic E-state index is -0.652. The summed E-state index contributed by atoms with van der Waals surface area (Å²) >= 11 is 0. The van der Waals surface area contributed by atoms with Crippen molar-refractivity contribution in [1.29, 1.82) is 0 Å². The van der Waals surface area contributed by atoms with E-state index in [1.807, 2.05) is 13.8 Å². The minimum Gasteiger partial charge on any atom is -0.352 e. The summed E-state index contributed by atoms with van der Waals surface area (Å²) in [6.07, 6.45) is 4.35. The highest BCUT2D eigenvalue weighted by Gasteiger charge is 2.26. The molecule has 3 amide bonds. The maximum absolute atomic E-state index is 12.1. The lowest BCUT2D eigenvalue weighted by Crippen LogP contribution is -2.53. The third-order valence-electron chi connectivity index (χ3n) is 3.61. The predicted molar refractivity (Wildman–Crippen MR) is 70.9 cm³/mol. The second-order valence-corrected chi connectivity index (χ2v) is 5.70. The van der Waals surface area contributed by atoms with E-state index in [1.54, 1.807) is 0 Å². The van der Waals surface area contributed by atoms with Gasteiger partial charge in [0.25, 0.3) is 0 Å². The van der Waals surface area contributed by atoms with E-state index in [2.05, 4.69) is 17.6 Å². The molecule has 4 N–H and O–H groups in total. The molecule has 1 rings (SSSR count). The first-order valence-corrected chi connectivity index (χ1v) is 6.76. The second-order valence-electron chi connectivity index (χ2n) is 5.70. The van der Waals surface area contributed by atoms with E-state index in [1.165, 1.54) is 0 Å². The third kappa shape index (κ3) is 4.55. The predicted octanol–water partition coefficient (Wildman–Crippen LogP) is 1.37. The van der Waals surface area contributed by atoms with Crippen LogP contribution < -0.4 is 16.4 Å². The van der Waals surface area contributed by atoms with Crippen LogP contribution in [-0.2, 0) is 4.79 Å². The summed E-state index contributed by atoms with van der Waals surface area (Å²) in [5, 5.41) is 5.52. The fourth-order valence-corrected chi connectivity index (χ4v) is 2.38. The van der Waals surface area contributed by atoms with E-state index >= 15 is 0 Å². The number of primary amides is 1. The number of hydrogen-bond donors (Lipinski definition) is 3. The van der Waals surface area contributed by atoms with Gasteiger partial charge in [0.2, 0.25) is 5.91 Å². The summed E-state index contributed by atoms with van der Waals surface area (Å²) in [4.78, 5) is 23.0. The van der Waals surface area contributed by atoms with Crippen LogP contribution in [0.15, 0.2) is 0 Å². The largest absolute Gasteiger partial charge is 0.352 e. The molecule has 0 aromatic rings. The number of carbonyl (C=O) groups is 2. The van der Waals surface area contributed by atoms with Crippen LogP contribution in [0, 0.1) is 11.8 Å². The van der Waals surface area contributed by atoms with Crippen LogP contribution in [0.1, 0.15) is 46.5 Å². The van der Waals surface area contributed by atoms with Gasteiger partial charge < -0.3 is 16.4 Å². The van der Waals surface area contributed by atoms with Crippen LogP contribution in [-0.4, -0.2) is 24.0 Å². The molecule has 0 heterocycles. The number of nitrogens with two attached hydrogens (primary N) is 1. The first-order valence-electron chi connectivity index (χ1n) is 6.76. The number of rotatable bonds is 4. The number of hydrogen-bond acceptors (Lipinski definition) is 2. The topological polar surface area (TPSA) is 84.2 Å². The van der Waals surface area contributed by atoms with Crippen molar-refractivity contribution in [2.45, 2.75) is 58.5 Å². The van der Waals surface area contributed by atoms with Gasteiger partial charge in [0.1, 0.15) is 6.04 Å². The monoisotopic (exact) mass is 255 g/mol. The van der Waals surface area contributed by atoms with Gasteiger partial charge in [-0.2, -0.15) is 0 Å². The maximum atomic E-state index is 12.1. The van der Waals surface area contributed by atoms with E-state index < -0.39 is 12.1 Å². The molecule has 0 bridgehead atoms. The summed E-state index contributed by atoms with van der Waals surface area (Å²) in [7, 11) is 0. The molecule has 0 aromatic carbocycles. The standard InChI is InChI=1S/C13H25N3O2/c1-8(2)11(16-13(14)18)12(17)15-10-6-4-9(3)5-7-10/h8-11H,4-7H2,1-3H3,(H,15,17)(H3,14,16,18)/t9?,10?,11-/m0/s1. The van der Waals surface area contributed by atoms with Crippen LogP contribution in [0.25, 0.3) is 0 Å². The van der Waals surface area contributed by atoms with Crippen molar-refractivity contribution in [1.82, 2.24) is 10.6 Å². The van der Waals surface area contributed by atoms with Gasteiger partial charge in [-0.25, -0.2) is 4.79 Å². The summed E-state index contributed by atoms with van der Waals surface area (Å²) in [5.41, 5.74) is 5.09. The highest BCUT2D eigenvalue weighted by molar-refractivity contribution is 5.86. The van der Waals surface area contributed by atoms with Crippen molar-refractivity contribution < 1.29 is 9.59 Å². The maximum Gasteiger partial charge on any atom is 0.312 e. The summed E-state index contributed by atoms with van der Waals surface area (Å²) in [5.74, 6) is 0.658. The average Bonchev–Trinajstić information content (AvgIpc) is 2.28. The molecule has 0 radical (unpaired) electrons. The van der Waals surface area contributed by atoms with Crippen LogP contribution in [0.2, 0.25) is 0 Å². The van der Waals surface area contributed by atoms with Crippen molar-refractivity contribution in [3.05, 3.63) is 0 Å². The van der Waals surface area contributed by atoms with Crippen molar-refractivity contribution in [2.24, 2.45) is 17.6 Å². The van der Waals surface area contributed by atoms with E-state index in [0.717, 1.165) is 31.6 Å². The minimum absolute atomic E-state index is 0.0278. The van der Waals surface area contributed by atoms with E-state index in [-0.39, 0.29) is 17.9 Å². The Morgan fingerprint density at radius 2 is 1.72 bits per heavy atom. The zero-order valence-corrected chi connectivity index (χ0v) is 11.5. The average molecular weight is 255 g/mol. The molecule has 1 fully saturated rings. The van der Waals surface area contributed by atoms with E-state index in [9.17, 15) is 9.59 Å². The first-order chi connectivity index (χ1) is 8.40. The molecule has 5 nitrogen and oxygen atoms in total. The molecule has 0 aliphatic heterocycles. The lowest BCUT2D eigenvalue weighted by atomic mass is 9.87. The molecule has 104 valence electrons. The van der Waals surface area contributed by atoms with Gasteiger partial charge in [-0.15, -0.1) is 0 Å². The van der Waals surface area contributed by atoms with E-state index in [0.29, 0.717) is 0 Å². The SMILES string of the molecule is CC1CCC(NC(=O)[C@@H](NC(N)=O)C(C)C)CC1. The first kappa shape index (κ1) is 14.8. The number of urea groups is 1. The quantitative estimate of drug-likeness (QED) is 0.709. The van der Waals surface area contributed by atoms with E-state index in [4.69, 9.17) is 5.73 Å². The number of carbonyl (C=O) groups excluding carboxylic acids is 2. The molecule has 5 heteroatoms. The Morgan fingerprint density at radius 1 is 1.17 bits per heavy atom. The molecule has 0 spiro atoms. The Morgan fingerprint density at radius 3 is 2.17 bits per heavy atom. The van der Waals surface area contributed by atoms with Gasteiger partial charge in [0, 0.05) is 6.04 Å². The van der Waals surface area contributed by atoms with Crippen molar-refractivity contribution >= 4 is 11.9 Å². The highest BCUT2D eigenvalue weighted by Crippen LogP contribution is 2.23. The second kappa shape index (κ2) is 6.61. The Balaban J connectivity index is 2.48. The van der Waals surface area contributed by atoms with Crippen molar-refractivity contribution in [2.75, 3.05) is 0 Å². The Kier molecular flexibility index (Phi) is 5.44. The Hall–Kier alpha value is -1.26. The van der Waals surface area contributed by atoms with Gasteiger partial charge in [-0.05, 0) is 37.5 Å². The zero-order valence-electron chi connectivity index (χ0n) is 11.5. The van der Waals surface area contributed by atoms with Gasteiger partial charge in [0.15, 0.2) is 0 Å². The summed E-state index contributed by atoms with van der Waals surface area (Å²) in [6.45, 7) is 6.02. The highest BCUT2D eigenvalue weighted by atomic mass is 16.2. The van der Waals surface area contributed by atoms with Gasteiger partial charge >= 0.3 is 6.03 Å². The Labute approximate surface area is 109 Å². The molecule has 1 saturated carbocycles. The van der Waals surface area contributed by atoms with Gasteiger partial charge in [0.05, 0.1) is 0 Å². The molecular formula is C13H25N3O2. The lowest BCUT2D eigenvalue weighted by Gasteiger charge is -2.29. The fourth-order valence-electron chi connectivity index (χ4n) is 2.38. The Bertz CT molecular complexity index is 297. The molecule has 1 atom stereocenters. The van der Waals surface area contributed by atoms with Gasteiger partial charge in [-0.3, -0.25) is 4.79 Å². The zero-order chi connectivity index (χ0) is 13.7.